The van der Waals surface area contributed by atoms with Crippen LogP contribution in [0.2, 0.25) is 0 Å². The van der Waals surface area contributed by atoms with Crippen LogP contribution < -0.4 is 10.9 Å². The molecule has 1 aliphatic rings. The van der Waals surface area contributed by atoms with E-state index < -0.39 is 5.60 Å². The summed E-state index contributed by atoms with van der Waals surface area (Å²) in [6.45, 7) is 11.7. The zero-order valence-electron chi connectivity index (χ0n) is 13.7. The van der Waals surface area contributed by atoms with Gasteiger partial charge in [0.1, 0.15) is 5.60 Å². The molecule has 0 amide bonds. The van der Waals surface area contributed by atoms with E-state index in [1.54, 1.807) is 11.1 Å². The van der Waals surface area contributed by atoms with Gasteiger partial charge in [0.2, 0.25) is 0 Å². The van der Waals surface area contributed by atoms with Crippen molar-refractivity contribution < 1.29 is 9.53 Å². The minimum absolute atomic E-state index is 0.246. The SMILES string of the molecule is CC1=CC(C)(C)N(N)c2ccc(C(=O)OC(C)(C)C)cc21. The number of esters is 1. The average molecular weight is 288 g/mol. The fourth-order valence-electron chi connectivity index (χ4n) is 2.51. The monoisotopic (exact) mass is 288 g/mol. The Bertz CT molecular complexity index is 610. The highest BCUT2D eigenvalue weighted by Gasteiger charge is 2.30. The van der Waals surface area contributed by atoms with Crippen LogP contribution in [0.1, 0.15) is 57.5 Å². The zero-order valence-corrected chi connectivity index (χ0v) is 13.7. The molecule has 0 saturated carbocycles. The molecule has 4 nitrogen and oxygen atoms in total. The minimum Gasteiger partial charge on any atom is -0.456 e. The van der Waals surface area contributed by atoms with Crippen molar-refractivity contribution in [3.8, 4) is 0 Å². The predicted octanol–water partition coefficient (Wildman–Crippen LogP) is 3.52. The summed E-state index contributed by atoms with van der Waals surface area (Å²) in [7, 11) is 0. The molecule has 0 radical (unpaired) electrons. The number of allylic oxidation sites excluding steroid dienone is 1. The van der Waals surface area contributed by atoms with Gasteiger partial charge in [-0.25, -0.2) is 10.6 Å². The summed E-state index contributed by atoms with van der Waals surface area (Å²) in [5.41, 5.74) is 2.81. The molecule has 0 atom stereocenters. The first kappa shape index (κ1) is 15.6. The van der Waals surface area contributed by atoms with Gasteiger partial charge in [-0.2, -0.15) is 0 Å². The molecule has 4 heteroatoms. The quantitative estimate of drug-likeness (QED) is 0.634. The molecule has 1 aromatic rings. The van der Waals surface area contributed by atoms with Crippen LogP contribution in [0.15, 0.2) is 24.3 Å². The third-order valence-corrected chi connectivity index (χ3v) is 3.51. The lowest BCUT2D eigenvalue weighted by Gasteiger charge is -2.39. The standard InChI is InChI=1S/C17H24N2O2/c1-11-10-17(5,6)19(18)14-8-7-12(9-13(11)14)15(20)21-16(2,3)4/h7-10H,18H2,1-6H3. The van der Waals surface area contributed by atoms with E-state index in [4.69, 9.17) is 10.6 Å². The van der Waals surface area contributed by atoms with Crippen LogP contribution in [-0.2, 0) is 4.74 Å². The van der Waals surface area contributed by atoms with E-state index in [1.807, 2.05) is 39.8 Å². The molecule has 21 heavy (non-hydrogen) atoms. The van der Waals surface area contributed by atoms with E-state index in [0.717, 1.165) is 16.8 Å². The lowest BCUT2D eigenvalue weighted by Crippen LogP contribution is -2.49. The number of rotatable bonds is 1. The fourth-order valence-corrected chi connectivity index (χ4v) is 2.51. The largest absolute Gasteiger partial charge is 0.456 e. The second-order valence-electron chi connectivity index (χ2n) is 7.08. The second kappa shape index (κ2) is 4.88. The van der Waals surface area contributed by atoms with E-state index in [-0.39, 0.29) is 11.5 Å². The van der Waals surface area contributed by atoms with E-state index in [2.05, 4.69) is 19.9 Å². The molecule has 1 aliphatic heterocycles. The van der Waals surface area contributed by atoms with Gasteiger partial charge in [0.15, 0.2) is 0 Å². The molecule has 0 aromatic heterocycles. The number of ether oxygens (including phenoxy) is 1. The number of hydrogen-bond acceptors (Lipinski definition) is 4. The van der Waals surface area contributed by atoms with Crippen LogP contribution in [0.25, 0.3) is 5.57 Å². The van der Waals surface area contributed by atoms with Gasteiger partial charge >= 0.3 is 5.97 Å². The summed E-state index contributed by atoms with van der Waals surface area (Å²) in [5, 5.41) is 1.73. The number of hydrogen-bond donors (Lipinski definition) is 1. The van der Waals surface area contributed by atoms with Gasteiger partial charge in [0, 0.05) is 5.56 Å². The van der Waals surface area contributed by atoms with E-state index in [0.29, 0.717) is 5.56 Å². The average Bonchev–Trinajstić information content (AvgIpc) is 2.33. The molecule has 1 heterocycles. The van der Waals surface area contributed by atoms with Gasteiger partial charge in [-0.15, -0.1) is 0 Å². The van der Waals surface area contributed by atoms with Gasteiger partial charge in [-0.3, -0.25) is 0 Å². The third-order valence-electron chi connectivity index (χ3n) is 3.51. The number of nitrogens with two attached hydrogens (primary N) is 1. The molecule has 0 fully saturated rings. The summed E-state index contributed by atoms with van der Waals surface area (Å²) in [6, 6.07) is 5.50. The Morgan fingerprint density at radius 3 is 2.48 bits per heavy atom. The van der Waals surface area contributed by atoms with Crippen molar-refractivity contribution in [2.75, 3.05) is 5.01 Å². The lowest BCUT2D eigenvalue weighted by molar-refractivity contribution is 0.00695. The highest BCUT2D eigenvalue weighted by molar-refractivity contribution is 5.93. The highest BCUT2D eigenvalue weighted by Crippen LogP contribution is 2.37. The topological polar surface area (TPSA) is 55.6 Å². The third kappa shape index (κ3) is 3.10. The van der Waals surface area contributed by atoms with Crippen LogP contribution in [0, 0.1) is 0 Å². The summed E-state index contributed by atoms with van der Waals surface area (Å²) in [4.78, 5) is 12.2. The van der Waals surface area contributed by atoms with Crippen molar-refractivity contribution in [3.05, 3.63) is 35.4 Å². The van der Waals surface area contributed by atoms with E-state index in [1.165, 1.54) is 0 Å². The number of nitrogens with zero attached hydrogens (tertiary/aromatic N) is 1. The Morgan fingerprint density at radius 2 is 1.90 bits per heavy atom. The lowest BCUT2D eigenvalue weighted by atomic mass is 9.89. The number of benzene rings is 1. The summed E-state index contributed by atoms with van der Waals surface area (Å²) >= 11 is 0. The molecule has 2 N–H and O–H groups in total. The molecule has 1 aromatic carbocycles. The van der Waals surface area contributed by atoms with Crippen molar-refractivity contribution in [2.45, 2.75) is 52.7 Å². The molecule has 114 valence electrons. The van der Waals surface area contributed by atoms with Crippen molar-refractivity contribution in [1.82, 2.24) is 0 Å². The maximum atomic E-state index is 12.2. The van der Waals surface area contributed by atoms with Gasteiger partial charge in [-0.1, -0.05) is 6.08 Å². The molecule has 2 rings (SSSR count). The van der Waals surface area contributed by atoms with Crippen LogP contribution in [0.5, 0.6) is 0 Å². The van der Waals surface area contributed by atoms with Crippen LogP contribution in [0.4, 0.5) is 5.69 Å². The molecular formula is C17H24N2O2. The minimum atomic E-state index is -0.500. The molecule has 0 unspecified atom stereocenters. The van der Waals surface area contributed by atoms with E-state index in [9.17, 15) is 4.79 Å². The molecule has 0 aliphatic carbocycles. The Hall–Kier alpha value is -1.81. The number of anilines is 1. The van der Waals surface area contributed by atoms with Gasteiger partial charge in [0.05, 0.1) is 16.8 Å². The number of carbonyl (C=O) groups excluding carboxylic acids is 1. The summed E-state index contributed by atoms with van der Waals surface area (Å²) in [6.07, 6.45) is 2.11. The first-order valence-corrected chi connectivity index (χ1v) is 7.13. The van der Waals surface area contributed by atoms with Crippen LogP contribution in [-0.4, -0.2) is 17.1 Å². The zero-order chi connectivity index (χ0) is 16.0. The normalized spacial score (nSPS) is 17.1. The van der Waals surface area contributed by atoms with Crippen molar-refractivity contribution in [3.63, 3.8) is 0 Å². The molecule has 0 bridgehead atoms. The van der Waals surface area contributed by atoms with Crippen LogP contribution in [0.3, 0.4) is 0 Å². The first-order valence-electron chi connectivity index (χ1n) is 7.13. The maximum absolute atomic E-state index is 12.2. The highest BCUT2D eigenvalue weighted by atomic mass is 16.6. The predicted molar refractivity (Wildman–Crippen MR) is 86.0 cm³/mol. The smallest absolute Gasteiger partial charge is 0.338 e. The van der Waals surface area contributed by atoms with Gasteiger partial charge in [0.25, 0.3) is 0 Å². The van der Waals surface area contributed by atoms with Crippen molar-refractivity contribution >= 4 is 17.2 Å². The van der Waals surface area contributed by atoms with Gasteiger partial charge in [-0.05, 0) is 65.3 Å². The number of fused-ring (bicyclic) bond motifs is 1. The molecule has 0 saturated heterocycles. The molecular weight excluding hydrogens is 264 g/mol. The summed E-state index contributed by atoms with van der Waals surface area (Å²) < 4.78 is 5.41. The number of carbonyl (C=O) groups is 1. The number of hydrazine groups is 1. The Kier molecular flexibility index (Phi) is 3.62. The first-order chi connectivity index (χ1) is 9.51. The maximum Gasteiger partial charge on any atom is 0.338 e. The summed E-state index contributed by atoms with van der Waals surface area (Å²) in [5.74, 6) is 5.87. The van der Waals surface area contributed by atoms with E-state index >= 15 is 0 Å². The molecule has 0 spiro atoms. The second-order valence-corrected chi connectivity index (χ2v) is 7.08. The Balaban J connectivity index is 2.41. The van der Waals surface area contributed by atoms with Crippen LogP contribution >= 0.6 is 0 Å². The Morgan fingerprint density at radius 1 is 1.29 bits per heavy atom. The fraction of sp³-hybridized carbons (Fsp3) is 0.471. The van der Waals surface area contributed by atoms with Gasteiger partial charge < -0.3 is 9.75 Å². The Labute approximate surface area is 126 Å². The van der Waals surface area contributed by atoms with Crippen molar-refractivity contribution in [1.29, 1.82) is 0 Å². The van der Waals surface area contributed by atoms with Crippen molar-refractivity contribution in [2.24, 2.45) is 5.84 Å².